The Bertz CT molecular complexity index is 545. The first kappa shape index (κ1) is 9.65. The van der Waals surface area contributed by atoms with Crippen LogP contribution < -0.4 is 5.56 Å². The zero-order valence-corrected chi connectivity index (χ0v) is 8.25. The quantitative estimate of drug-likeness (QED) is 0.758. The molecule has 1 aromatic heterocycles. The van der Waals surface area contributed by atoms with E-state index < -0.39 is 0 Å². The molecule has 0 radical (unpaired) electrons. The molecule has 0 saturated carbocycles. The van der Waals surface area contributed by atoms with Crippen molar-refractivity contribution in [2.45, 2.75) is 6.92 Å². The monoisotopic (exact) mass is 203 g/mol. The molecule has 0 aliphatic rings. The van der Waals surface area contributed by atoms with Crippen LogP contribution >= 0.6 is 0 Å². The van der Waals surface area contributed by atoms with Crippen molar-refractivity contribution in [1.82, 2.24) is 4.98 Å². The van der Waals surface area contributed by atoms with E-state index in [1.54, 1.807) is 18.3 Å². The Morgan fingerprint density at radius 3 is 2.73 bits per heavy atom. The van der Waals surface area contributed by atoms with Gasteiger partial charge in [-0.1, -0.05) is 6.07 Å². The predicted molar refractivity (Wildman–Crippen MR) is 57.2 cm³/mol. The average molecular weight is 203 g/mol. The summed E-state index contributed by atoms with van der Waals surface area (Å²) in [6, 6.07) is 7.76. The van der Waals surface area contributed by atoms with Gasteiger partial charge in [-0.05, 0) is 41.8 Å². The van der Waals surface area contributed by atoms with Crippen LogP contribution in [-0.2, 0) is 0 Å². The fourth-order valence-corrected chi connectivity index (χ4v) is 1.52. The Hall–Kier alpha value is -1.90. The summed E-state index contributed by atoms with van der Waals surface area (Å²) in [5.74, 6) is -0.295. The molecule has 0 saturated heterocycles. The van der Waals surface area contributed by atoms with Gasteiger partial charge in [0.25, 0.3) is 0 Å². The number of pyridine rings is 1. The maximum atomic E-state index is 13.0. The van der Waals surface area contributed by atoms with Crippen LogP contribution in [0.4, 0.5) is 4.39 Å². The third-order valence-corrected chi connectivity index (χ3v) is 2.29. The van der Waals surface area contributed by atoms with Crippen molar-refractivity contribution >= 4 is 0 Å². The molecule has 2 nitrogen and oxygen atoms in total. The Morgan fingerprint density at radius 1 is 1.20 bits per heavy atom. The summed E-state index contributed by atoms with van der Waals surface area (Å²) in [6.45, 7) is 1.88. The lowest BCUT2D eigenvalue weighted by molar-refractivity contribution is 0.628. The van der Waals surface area contributed by atoms with Crippen LogP contribution in [0, 0.1) is 12.7 Å². The number of aromatic nitrogens is 1. The van der Waals surface area contributed by atoms with Crippen molar-refractivity contribution in [1.29, 1.82) is 0 Å². The van der Waals surface area contributed by atoms with Gasteiger partial charge in [-0.3, -0.25) is 4.79 Å². The number of hydrogen-bond donors (Lipinski definition) is 1. The van der Waals surface area contributed by atoms with Crippen molar-refractivity contribution in [3.05, 3.63) is 58.3 Å². The normalized spacial score (nSPS) is 10.3. The minimum atomic E-state index is -0.295. The topological polar surface area (TPSA) is 32.9 Å². The molecule has 76 valence electrons. The Morgan fingerprint density at radius 2 is 2.00 bits per heavy atom. The molecule has 1 heterocycles. The molecule has 0 aliphatic heterocycles. The molecule has 2 rings (SSSR count). The van der Waals surface area contributed by atoms with Crippen LogP contribution in [-0.4, -0.2) is 4.98 Å². The molecule has 0 atom stereocenters. The molecule has 15 heavy (non-hydrogen) atoms. The number of halogens is 1. The molecule has 0 spiro atoms. The van der Waals surface area contributed by atoms with Gasteiger partial charge < -0.3 is 4.98 Å². The first-order valence-corrected chi connectivity index (χ1v) is 4.62. The number of H-pyrrole nitrogens is 1. The van der Waals surface area contributed by atoms with Gasteiger partial charge in [0.2, 0.25) is 5.56 Å². The van der Waals surface area contributed by atoms with Crippen LogP contribution in [0.1, 0.15) is 5.56 Å². The SMILES string of the molecule is Cc1ccc(F)cc1-c1cc[nH]c(=O)c1. The fourth-order valence-electron chi connectivity index (χ4n) is 1.52. The molecule has 3 heteroatoms. The summed E-state index contributed by atoms with van der Waals surface area (Å²) < 4.78 is 13.0. The van der Waals surface area contributed by atoms with E-state index in [4.69, 9.17) is 0 Å². The van der Waals surface area contributed by atoms with Gasteiger partial charge in [-0.25, -0.2) is 4.39 Å². The largest absolute Gasteiger partial charge is 0.329 e. The van der Waals surface area contributed by atoms with Gasteiger partial charge in [0.05, 0.1) is 0 Å². The Kier molecular flexibility index (Phi) is 2.37. The second-order valence-corrected chi connectivity index (χ2v) is 3.40. The predicted octanol–water partition coefficient (Wildman–Crippen LogP) is 2.49. The highest BCUT2D eigenvalue weighted by Crippen LogP contribution is 2.22. The number of aryl methyl sites for hydroxylation is 1. The molecule has 0 bridgehead atoms. The summed E-state index contributed by atoms with van der Waals surface area (Å²) in [6.07, 6.45) is 1.56. The van der Waals surface area contributed by atoms with Crippen LogP contribution in [0.2, 0.25) is 0 Å². The van der Waals surface area contributed by atoms with Crippen LogP contribution in [0.3, 0.4) is 0 Å². The molecule has 2 aromatic rings. The number of nitrogens with one attached hydrogen (secondary N) is 1. The Balaban J connectivity index is 2.63. The Labute approximate surface area is 86.4 Å². The van der Waals surface area contributed by atoms with Crippen molar-refractivity contribution in [3.63, 3.8) is 0 Å². The van der Waals surface area contributed by atoms with E-state index in [2.05, 4.69) is 4.98 Å². The zero-order valence-electron chi connectivity index (χ0n) is 8.25. The number of hydrogen-bond acceptors (Lipinski definition) is 1. The number of aromatic amines is 1. The summed E-state index contributed by atoms with van der Waals surface area (Å²) in [5, 5.41) is 0. The second-order valence-electron chi connectivity index (χ2n) is 3.40. The molecular formula is C12H10FNO. The lowest BCUT2D eigenvalue weighted by Gasteiger charge is -2.04. The maximum absolute atomic E-state index is 13.0. The highest BCUT2D eigenvalue weighted by Gasteiger charge is 2.03. The van der Waals surface area contributed by atoms with E-state index in [9.17, 15) is 9.18 Å². The van der Waals surface area contributed by atoms with Crippen LogP contribution in [0.25, 0.3) is 11.1 Å². The zero-order chi connectivity index (χ0) is 10.8. The van der Waals surface area contributed by atoms with E-state index in [1.165, 1.54) is 18.2 Å². The van der Waals surface area contributed by atoms with E-state index in [0.29, 0.717) is 0 Å². The minimum Gasteiger partial charge on any atom is -0.329 e. The highest BCUT2D eigenvalue weighted by atomic mass is 19.1. The lowest BCUT2D eigenvalue weighted by Crippen LogP contribution is -2.02. The van der Waals surface area contributed by atoms with Crippen molar-refractivity contribution in [3.8, 4) is 11.1 Å². The van der Waals surface area contributed by atoms with E-state index >= 15 is 0 Å². The van der Waals surface area contributed by atoms with Crippen LogP contribution in [0.5, 0.6) is 0 Å². The highest BCUT2D eigenvalue weighted by molar-refractivity contribution is 5.66. The molecule has 0 amide bonds. The second kappa shape index (κ2) is 3.69. The fraction of sp³-hybridized carbons (Fsp3) is 0.0833. The molecule has 1 aromatic carbocycles. The number of benzene rings is 1. The van der Waals surface area contributed by atoms with Gasteiger partial charge in [0.15, 0.2) is 0 Å². The molecule has 0 unspecified atom stereocenters. The summed E-state index contributed by atoms with van der Waals surface area (Å²) in [4.78, 5) is 13.6. The van der Waals surface area contributed by atoms with E-state index in [-0.39, 0.29) is 11.4 Å². The third-order valence-electron chi connectivity index (χ3n) is 2.29. The summed E-state index contributed by atoms with van der Waals surface area (Å²) >= 11 is 0. The van der Waals surface area contributed by atoms with Gasteiger partial charge in [-0.2, -0.15) is 0 Å². The maximum Gasteiger partial charge on any atom is 0.248 e. The standard InChI is InChI=1S/C12H10FNO/c1-8-2-3-10(13)7-11(8)9-4-5-14-12(15)6-9/h2-7H,1H3,(H,14,15). The number of rotatable bonds is 1. The summed E-state index contributed by atoms with van der Waals surface area (Å²) in [7, 11) is 0. The van der Waals surface area contributed by atoms with E-state index in [1.807, 2.05) is 6.92 Å². The third kappa shape index (κ3) is 1.96. The van der Waals surface area contributed by atoms with Gasteiger partial charge in [0, 0.05) is 12.3 Å². The smallest absolute Gasteiger partial charge is 0.248 e. The summed E-state index contributed by atoms with van der Waals surface area (Å²) in [5.41, 5.74) is 2.25. The minimum absolute atomic E-state index is 0.184. The van der Waals surface area contributed by atoms with E-state index in [0.717, 1.165) is 16.7 Å². The molecule has 1 N–H and O–H groups in total. The first-order valence-electron chi connectivity index (χ1n) is 4.62. The molecule has 0 fully saturated rings. The van der Waals surface area contributed by atoms with Gasteiger partial charge in [-0.15, -0.1) is 0 Å². The van der Waals surface area contributed by atoms with Crippen molar-refractivity contribution < 1.29 is 4.39 Å². The van der Waals surface area contributed by atoms with Crippen molar-refractivity contribution in [2.75, 3.05) is 0 Å². The molecular weight excluding hydrogens is 193 g/mol. The first-order chi connectivity index (χ1) is 7.16. The van der Waals surface area contributed by atoms with Gasteiger partial charge >= 0.3 is 0 Å². The van der Waals surface area contributed by atoms with Crippen LogP contribution in [0.15, 0.2) is 41.3 Å². The lowest BCUT2D eigenvalue weighted by atomic mass is 10.0. The molecule has 0 aliphatic carbocycles. The van der Waals surface area contributed by atoms with Crippen molar-refractivity contribution in [2.24, 2.45) is 0 Å². The average Bonchev–Trinajstić information content (AvgIpc) is 2.22. The van der Waals surface area contributed by atoms with Gasteiger partial charge in [0.1, 0.15) is 5.82 Å².